The van der Waals surface area contributed by atoms with Gasteiger partial charge in [0.2, 0.25) is 0 Å². The second kappa shape index (κ2) is 103. The van der Waals surface area contributed by atoms with Gasteiger partial charge in [0.1, 0.15) is 0 Å². The first-order valence-corrected chi connectivity index (χ1v) is 3.34. The van der Waals surface area contributed by atoms with Crippen LogP contribution < -0.4 is 0 Å². The molecule has 0 amide bonds. The second-order valence-electron chi connectivity index (χ2n) is 0.365. The van der Waals surface area contributed by atoms with Crippen LogP contribution in [-0.2, 0) is 71.6 Å². The Balaban J connectivity index is -0.0000000213. The van der Waals surface area contributed by atoms with Crippen molar-refractivity contribution in [3.05, 3.63) is 0 Å². The number of hydrogen-bond acceptors (Lipinski definition) is 8. The fourth-order valence-corrected chi connectivity index (χ4v) is 0. The first kappa shape index (κ1) is 29.4. The van der Waals surface area contributed by atoms with Crippen molar-refractivity contribution in [2.24, 2.45) is 0 Å². The van der Waals surface area contributed by atoms with Crippen LogP contribution >= 0.6 is 0 Å². The molecule has 0 heterocycles. The van der Waals surface area contributed by atoms with Crippen molar-refractivity contribution in [2.45, 2.75) is 0 Å². The first-order chi connectivity index (χ1) is 5.66. The normalized spacial score (nSPS) is 2.15. The van der Waals surface area contributed by atoms with Crippen LogP contribution in [0.2, 0.25) is 0 Å². The maximum Gasteiger partial charge on any atom is 0 e. The van der Waals surface area contributed by atoms with Gasteiger partial charge in [-0.1, -0.05) is 21.6 Å². The molecule has 0 aromatic rings. The summed E-state index contributed by atoms with van der Waals surface area (Å²) in [6.07, 6.45) is 0. The van der Waals surface area contributed by atoms with Gasteiger partial charge in [0.15, 0.2) is 0 Å². The summed E-state index contributed by atoms with van der Waals surface area (Å²) >= 11 is 14.8. The fraction of sp³-hybridized carbons (Fsp3) is 0. The average molecular weight is 416 g/mol. The van der Waals surface area contributed by atoms with Crippen molar-refractivity contribution < 1.29 is 21.1 Å². The van der Waals surface area contributed by atoms with Crippen molar-refractivity contribution >= 4 is 50.5 Å². The van der Waals surface area contributed by atoms with Crippen LogP contribution in [0.15, 0.2) is 0 Å². The molecular weight excluding hydrogens is 416 g/mol. The van der Waals surface area contributed by atoms with E-state index in [4.69, 9.17) is 21.0 Å². The summed E-state index contributed by atoms with van der Waals surface area (Å²) in [6, 6.07) is 0. The zero-order valence-corrected chi connectivity index (χ0v) is 12.0. The Morgan fingerprint density at radius 1 is 0.538 bits per heavy atom. The molecule has 0 atom stereocenters. The molecule has 0 radical (unpaired) electrons. The largest absolute Gasteiger partial charge is 0.696 e. The van der Waals surface area contributed by atoms with Crippen molar-refractivity contribution in [1.82, 2.24) is 0 Å². The Kier molecular flexibility index (Phi) is 232. The summed E-state index contributed by atoms with van der Waals surface area (Å²) in [6.45, 7) is 0. The van der Waals surface area contributed by atoms with Gasteiger partial charge in [-0.15, -0.1) is 0 Å². The summed E-state index contributed by atoms with van der Waals surface area (Å²) in [4.78, 5) is 0. The number of hydrogen-bond donors (Lipinski definition) is 0. The van der Waals surface area contributed by atoms with Crippen LogP contribution in [0.3, 0.4) is 0 Å². The maximum absolute atomic E-state index is 7.13. The number of nitrogens with zero attached hydrogens (tertiary/aromatic N) is 4. The van der Waals surface area contributed by atoms with Crippen LogP contribution in [0, 0.1) is 42.7 Å². The molecule has 0 aliphatic heterocycles. The predicted molar refractivity (Wildman–Crippen MR) is 51.9 cm³/mol. The molecule has 0 spiro atoms. The van der Waals surface area contributed by atoms with Gasteiger partial charge in [-0.3, -0.25) is 0 Å². The van der Waals surface area contributed by atoms with Crippen LogP contribution in [-0.4, -0.2) is 0 Å². The van der Waals surface area contributed by atoms with E-state index in [0.29, 0.717) is 0 Å². The second-order valence-corrected chi connectivity index (χ2v) is 1.10. The van der Waals surface area contributed by atoms with Gasteiger partial charge in [-0.25, -0.2) is 21.0 Å². The molecule has 0 aliphatic rings. The Hall–Kier alpha value is -0.472. The standard InChI is InChI=1S/4CHNS.W/c4*2-1-3;/h4*3H;/p-4. The molecule has 9 heteroatoms. The molecule has 0 saturated carbocycles. The molecule has 0 rings (SSSR count). The van der Waals surface area contributed by atoms with Gasteiger partial charge in [0, 0.05) is 21.1 Å². The molecular formula is C4N4S4W-4. The minimum absolute atomic E-state index is 0. The summed E-state index contributed by atoms with van der Waals surface area (Å²) in [5.74, 6) is 0. The van der Waals surface area contributed by atoms with E-state index in [0.717, 1.165) is 0 Å². The van der Waals surface area contributed by atoms with Crippen molar-refractivity contribution in [1.29, 1.82) is 21.0 Å². The van der Waals surface area contributed by atoms with Crippen molar-refractivity contribution in [2.75, 3.05) is 0 Å². The summed E-state index contributed by atoms with van der Waals surface area (Å²) in [7, 11) is 0. The molecule has 13 heavy (non-hydrogen) atoms. The SMILES string of the molecule is N#C[S-].N#C[S-].N#C[S-].N#C[S-].[W]. The van der Waals surface area contributed by atoms with Gasteiger partial charge in [0.05, 0.1) is 0 Å². The van der Waals surface area contributed by atoms with E-state index < -0.39 is 0 Å². The van der Waals surface area contributed by atoms with E-state index >= 15 is 0 Å². The van der Waals surface area contributed by atoms with Gasteiger partial charge in [-0.2, -0.15) is 0 Å². The first-order valence-electron chi connectivity index (χ1n) is 1.71. The van der Waals surface area contributed by atoms with Crippen LogP contribution in [0.1, 0.15) is 0 Å². The molecule has 4 nitrogen and oxygen atoms in total. The smallest absolute Gasteiger partial charge is 0 e. The third-order valence-electron chi connectivity index (χ3n) is 0. The van der Waals surface area contributed by atoms with Gasteiger partial charge in [0.25, 0.3) is 0 Å². The average Bonchev–Trinajstić information content (AvgIpc) is 1.92. The Morgan fingerprint density at radius 3 is 0.538 bits per heavy atom. The fourth-order valence-electron chi connectivity index (χ4n) is 0. The molecule has 0 aromatic heterocycles. The zero-order chi connectivity index (χ0) is 10.8. The molecule has 0 aromatic carbocycles. The maximum atomic E-state index is 7.13. The van der Waals surface area contributed by atoms with Crippen molar-refractivity contribution in [3.63, 3.8) is 0 Å². The third-order valence-corrected chi connectivity index (χ3v) is 0. The van der Waals surface area contributed by atoms with E-state index in [1.807, 2.05) is 0 Å². The monoisotopic (exact) mass is 416 g/mol. The number of rotatable bonds is 0. The minimum atomic E-state index is 0. The van der Waals surface area contributed by atoms with E-state index in [1.165, 1.54) is 21.6 Å². The Bertz CT molecular complexity index is 158. The number of thiocyanates is 4. The van der Waals surface area contributed by atoms with E-state index in [2.05, 4.69) is 50.5 Å². The molecule has 70 valence electrons. The molecule has 0 unspecified atom stereocenters. The minimum Gasteiger partial charge on any atom is -0.696 e. The van der Waals surface area contributed by atoms with E-state index in [1.54, 1.807) is 0 Å². The van der Waals surface area contributed by atoms with Crippen molar-refractivity contribution in [3.8, 4) is 21.6 Å². The molecule has 0 N–H and O–H groups in total. The van der Waals surface area contributed by atoms with Crippen LogP contribution in [0.5, 0.6) is 0 Å². The Morgan fingerprint density at radius 2 is 0.538 bits per heavy atom. The molecule has 0 saturated heterocycles. The van der Waals surface area contributed by atoms with E-state index in [9.17, 15) is 0 Å². The van der Waals surface area contributed by atoms with Crippen LogP contribution in [0.4, 0.5) is 0 Å². The molecule has 0 bridgehead atoms. The van der Waals surface area contributed by atoms with Gasteiger partial charge < -0.3 is 50.5 Å². The van der Waals surface area contributed by atoms with E-state index in [-0.39, 0.29) is 21.1 Å². The molecule has 0 fully saturated rings. The summed E-state index contributed by atoms with van der Waals surface area (Å²) < 4.78 is 0. The zero-order valence-electron chi connectivity index (χ0n) is 5.83. The third kappa shape index (κ3) is 4700. The molecule has 0 aliphatic carbocycles. The topological polar surface area (TPSA) is 95.2 Å². The number of nitriles is 4. The Labute approximate surface area is 113 Å². The van der Waals surface area contributed by atoms with Gasteiger partial charge in [-0.05, 0) is 0 Å². The quantitative estimate of drug-likeness (QED) is 0.404. The van der Waals surface area contributed by atoms with Gasteiger partial charge >= 0.3 is 0 Å². The predicted octanol–water partition coefficient (Wildman–Crippen LogP) is 0.0550. The summed E-state index contributed by atoms with van der Waals surface area (Å²) in [5.41, 5.74) is 0. The van der Waals surface area contributed by atoms with Crippen LogP contribution in [0.25, 0.3) is 0 Å². The summed E-state index contributed by atoms with van der Waals surface area (Å²) in [5, 5.41) is 33.9.